The number of halogens is 5. The van der Waals surface area contributed by atoms with Crippen LogP contribution in [0.5, 0.6) is 0 Å². The number of hydroxylamine groups is 2. The lowest BCUT2D eigenvalue weighted by atomic mass is 9.87. The zero-order valence-corrected chi connectivity index (χ0v) is 21.5. The predicted molar refractivity (Wildman–Crippen MR) is 125 cm³/mol. The quantitative estimate of drug-likeness (QED) is 0.323. The maximum atomic E-state index is 14.6. The van der Waals surface area contributed by atoms with Crippen molar-refractivity contribution in [1.82, 2.24) is 15.7 Å². The van der Waals surface area contributed by atoms with Crippen LogP contribution in [0.1, 0.15) is 25.8 Å². The number of benzene rings is 1. The summed E-state index contributed by atoms with van der Waals surface area (Å²) in [4.78, 5) is 30.7. The molecule has 0 fully saturated rings. The largest absolute Gasteiger partial charge is 0.422 e. The molecule has 1 aliphatic heterocycles. The van der Waals surface area contributed by atoms with E-state index >= 15 is 0 Å². The van der Waals surface area contributed by atoms with E-state index in [0.29, 0.717) is 4.47 Å². The molecular formula is C22H26BrF4N3O3S. The molecule has 1 aromatic rings. The van der Waals surface area contributed by atoms with Crippen molar-refractivity contribution in [2.45, 2.75) is 49.7 Å². The van der Waals surface area contributed by atoms with Crippen molar-refractivity contribution < 1.29 is 32.0 Å². The van der Waals surface area contributed by atoms with Crippen LogP contribution in [0.2, 0.25) is 0 Å². The van der Waals surface area contributed by atoms with Gasteiger partial charge in [-0.15, -0.1) is 11.8 Å². The first kappa shape index (κ1) is 28.4. The first-order chi connectivity index (χ1) is 15.7. The van der Waals surface area contributed by atoms with Gasteiger partial charge in [-0.05, 0) is 31.5 Å². The monoisotopic (exact) mass is 567 g/mol. The summed E-state index contributed by atoms with van der Waals surface area (Å²) in [6.45, 7) is 2.32. The van der Waals surface area contributed by atoms with Gasteiger partial charge in [0.25, 0.3) is 5.91 Å². The third kappa shape index (κ3) is 7.10. The van der Waals surface area contributed by atoms with Crippen molar-refractivity contribution in [3.63, 3.8) is 0 Å². The second-order valence-corrected chi connectivity index (χ2v) is 10.2. The van der Waals surface area contributed by atoms with Gasteiger partial charge >= 0.3 is 6.18 Å². The summed E-state index contributed by atoms with van der Waals surface area (Å²) in [7, 11) is 2.60. The van der Waals surface area contributed by atoms with Crippen molar-refractivity contribution in [3.8, 4) is 11.8 Å². The number of nitrogens with zero attached hydrogens (tertiary/aromatic N) is 1. The number of hydrogen-bond acceptors (Lipinski definition) is 5. The van der Waals surface area contributed by atoms with Crippen LogP contribution in [-0.2, 0) is 20.0 Å². The van der Waals surface area contributed by atoms with Crippen LogP contribution < -0.4 is 10.6 Å². The lowest BCUT2D eigenvalue weighted by Gasteiger charge is -2.37. The molecule has 0 unspecified atom stereocenters. The number of hydrogen-bond donors (Lipinski definition) is 2. The second-order valence-electron chi connectivity index (χ2n) is 8.27. The minimum atomic E-state index is -4.96. The molecular weight excluding hydrogens is 542 g/mol. The van der Waals surface area contributed by atoms with Gasteiger partial charge in [0.15, 0.2) is 0 Å². The van der Waals surface area contributed by atoms with Crippen LogP contribution in [0, 0.1) is 11.8 Å². The maximum absolute atomic E-state index is 14.6. The number of alkyl halides is 4. The van der Waals surface area contributed by atoms with E-state index in [4.69, 9.17) is 4.84 Å². The summed E-state index contributed by atoms with van der Waals surface area (Å²) in [6, 6.07) is 2.56. The molecule has 0 radical (unpaired) electrons. The maximum Gasteiger partial charge on any atom is 0.422 e. The first-order valence-corrected chi connectivity index (χ1v) is 12.1. The van der Waals surface area contributed by atoms with Crippen LogP contribution in [0.3, 0.4) is 0 Å². The molecule has 0 spiro atoms. The summed E-state index contributed by atoms with van der Waals surface area (Å²) in [5.74, 6) is 3.24. The van der Waals surface area contributed by atoms with E-state index in [0.717, 1.165) is 30.7 Å². The number of rotatable bonds is 5. The topological polar surface area (TPSA) is 70.7 Å². The number of carbonyl (C=O) groups is 2. The van der Waals surface area contributed by atoms with Crippen molar-refractivity contribution in [1.29, 1.82) is 0 Å². The van der Waals surface area contributed by atoms with Gasteiger partial charge in [0.1, 0.15) is 11.7 Å². The lowest BCUT2D eigenvalue weighted by molar-refractivity contribution is -0.185. The van der Waals surface area contributed by atoms with E-state index in [9.17, 15) is 27.2 Å². The Morgan fingerprint density at radius 3 is 2.44 bits per heavy atom. The average molecular weight is 568 g/mol. The van der Waals surface area contributed by atoms with E-state index < -0.39 is 47.7 Å². The Kier molecular flexibility index (Phi) is 9.44. The Morgan fingerprint density at radius 1 is 1.29 bits per heavy atom. The normalized spacial score (nSPS) is 24.3. The smallest absolute Gasteiger partial charge is 0.342 e. The van der Waals surface area contributed by atoms with Gasteiger partial charge in [-0.1, -0.05) is 39.9 Å². The molecule has 12 heteroatoms. The average Bonchev–Trinajstić information content (AvgIpc) is 2.76. The van der Waals surface area contributed by atoms with Gasteiger partial charge in [-0.25, -0.2) is 9.45 Å². The third-order valence-electron chi connectivity index (χ3n) is 5.03. The SMILES string of the molecule is CON(C)C(=O)[C@@H]1CSCC#C[C@](c2ccc(Br)cc2)(C(F)(F)F)N[C@@H](CC(C)(C)F)C(=O)N1. The summed E-state index contributed by atoms with van der Waals surface area (Å²) < 4.78 is 59.1. The molecule has 0 aromatic heterocycles. The number of nitrogens with one attached hydrogen (secondary N) is 2. The Morgan fingerprint density at radius 2 is 1.91 bits per heavy atom. The standard InChI is InChI=1S/C22H26BrF4N3O3S/c1-20(2,24)12-16-18(31)28-17(19(32)30(3)33-4)13-34-11-5-10-21(29-16,22(25,26)27)14-6-8-15(23)9-7-14/h6-9,16-17,29H,11-13H2,1-4H3,(H,28,31)/t16-,17-,21-/m0/s1. The first-order valence-electron chi connectivity index (χ1n) is 10.2. The molecule has 0 saturated carbocycles. The van der Waals surface area contributed by atoms with E-state index in [2.05, 4.69) is 38.4 Å². The van der Waals surface area contributed by atoms with Gasteiger partial charge in [-0.2, -0.15) is 13.2 Å². The molecule has 1 heterocycles. The molecule has 1 aromatic carbocycles. The predicted octanol–water partition coefficient (Wildman–Crippen LogP) is 3.56. The summed E-state index contributed by atoms with van der Waals surface area (Å²) in [5, 5.41) is 5.68. The highest BCUT2D eigenvalue weighted by atomic mass is 79.9. The van der Waals surface area contributed by atoms with Gasteiger partial charge in [0, 0.05) is 23.7 Å². The van der Waals surface area contributed by atoms with Gasteiger partial charge in [-0.3, -0.25) is 19.7 Å². The Hall–Kier alpha value is -1.81. The Labute approximate surface area is 208 Å². The molecule has 1 aliphatic rings. The van der Waals surface area contributed by atoms with Gasteiger partial charge < -0.3 is 5.32 Å². The second kappa shape index (κ2) is 11.3. The van der Waals surface area contributed by atoms with Crippen LogP contribution in [0.15, 0.2) is 28.7 Å². The fourth-order valence-electron chi connectivity index (χ4n) is 3.32. The minimum absolute atomic E-state index is 0.0361. The highest BCUT2D eigenvalue weighted by Gasteiger charge is 2.57. The van der Waals surface area contributed by atoms with E-state index in [1.54, 1.807) is 0 Å². The van der Waals surface area contributed by atoms with Crippen molar-refractivity contribution >= 4 is 39.5 Å². The molecule has 0 bridgehead atoms. The molecule has 2 N–H and O–H groups in total. The highest BCUT2D eigenvalue weighted by Crippen LogP contribution is 2.40. The van der Waals surface area contributed by atoms with Gasteiger partial charge in [0.2, 0.25) is 11.4 Å². The molecule has 34 heavy (non-hydrogen) atoms. The Balaban J connectivity index is 2.61. The summed E-state index contributed by atoms with van der Waals surface area (Å²) >= 11 is 4.28. The molecule has 2 rings (SSSR count). The third-order valence-corrected chi connectivity index (χ3v) is 6.48. The summed E-state index contributed by atoms with van der Waals surface area (Å²) in [6.07, 6.45) is -5.56. The number of amides is 2. The lowest BCUT2D eigenvalue weighted by Crippen LogP contribution is -2.62. The highest BCUT2D eigenvalue weighted by molar-refractivity contribution is 9.10. The number of thioether (sulfide) groups is 1. The molecule has 2 amide bonds. The molecule has 0 saturated heterocycles. The summed E-state index contributed by atoms with van der Waals surface area (Å²) in [5.41, 5.74) is -5.20. The minimum Gasteiger partial charge on any atom is -0.342 e. The van der Waals surface area contributed by atoms with Crippen LogP contribution in [-0.4, -0.2) is 66.5 Å². The fraction of sp³-hybridized carbons (Fsp3) is 0.545. The van der Waals surface area contributed by atoms with E-state index in [-0.39, 0.29) is 17.1 Å². The number of likely N-dealkylation sites (N-methyl/N-ethyl adjacent to an activating group) is 1. The van der Waals surface area contributed by atoms with Crippen molar-refractivity contribution in [2.75, 3.05) is 25.7 Å². The van der Waals surface area contributed by atoms with Crippen molar-refractivity contribution in [3.05, 3.63) is 34.3 Å². The zero-order valence-electron chi connectivity index (χ0n) is 19.1. The van der Waals surface area contributed by atoms with Crippen LogP contribution in [0.4, 0.5) is 17.6 Å². The Bertz CT molecular complexity index is 944. The van der Waals surface area contributed by atoms with E-state index in [1.165, 1.54) is 38.4 Å². The van der Waals surface area contributed by atoms with E-state index in [1.807, 2.05) is 0 Å². The molecule has 0 aliphatic carbocycles. The van der Waals surface area contributed by atoms with Crippen LogP contribution in [0.25, 0.3) is 0 Å². The van der Waals surface area contributed by atoms with Gasteiger partial charge in [0.05, 0.1) is 18.9 Å². The molecule has 188 valence electrons. The molecule has 3 atom stereocenters. The van der Waals surface area contributed by atoms with Crippen molar-refractivity contribution in [2.24, 2.45) is 0 Å². The zero-order chi connectivity index (χ0) is 25.7. The molecule has 6 nitrogen and oxygen atoms in total. The van der Waals surface area contributed by atoms with Crippen LogP contribution >= 0.6 is 27.7 Å². The number of carbonyl (C=O) groups excluding carboxylic acids is 2. The fourth-order valence-corrected chi connectivity index (χ4v) is 4.33.